The van der Waals surface area contributed by atoms with Crippen LogP contribution in [0.25, 0.3) is 0 Å². The summed E-state index contributed by atoms with van der Waals surface area (Å²) >= 11 is 0. The molecule has 0 aliphatic rings. The highest BCUT2D eigenvalue weighted by Crippen LogP contribution is 2.29. The molecule has 1 amide bonds. The first-order valence-corrected chi connectivity index (χ1v) is 6.51. The Bertz CT molecular complexity index is 507. The van der Waals surface area contributed by atoms with Crippen molar-refractivity contribution >= 4 is 5.91 Å². The van der Waals surface area contributed by atoms with Gasteiger partial charge in [0.2, 0.25) is 5.91 Å². The second-order valence-electron chi connectivity index (χ2n) is 6.21. The number of hydrogen-bond acceptors (Lipinski definition) is 2. The van der Waals surface area contributed by atoms with E-state index in [4.69, 9.17) is 5.73 Å². The fourth-order valence-electron chi connectivity index (χ4n) is 1.59. The van der Waals surface area contributed by atoms with Crippen molar-refractivity contribution in [3.8, 4) is 0 Å². The summed E-state index contributed by atoms with van der Waals surface area (Å²) < 4.78 is 26.8. The standard InChI is InChI=1S/C15H22F2N2O/c1-9(11-8-10(16)6-7-12(11)17)19-13(20)14(2,3)15(4,5)18/h6-9H,18H2,1-5H3,(H,19,20). The van der Waals surface area contributed by atoms with Crippen molar-refractivity contribution in [2.45, 2.75) is 46.2 Å². The van der Waals surface area contributed by atoms with E-state index in [0.29, 0.717) is 0 Å². The molecule has 0 saturated heterocycles. The van der Waals surface area contributed by atoms with Gasteiger partial charge < -0.3 is 11.1 Å². The van der Waals surface area contributed by atoms with E-state index in [-0.39, 0.29) is 11.5 Å². The number of carbonyl (C=O) groups excluding carboxylic acids is 1. The number of nitrogens with two attached hydrogens (primary N) is 1. The fraction of sp³-hybridized carbons (Fsp3) is 0.533. The number of halogens is 2. The van der Waals surface area contributed by atoms with Gasteiger partial charge in [-0.1, -0.05) is 0 Å². The van der Waals surface area contributed by atoms with Gasteiger partial charge in [-0.15, -0.1) is 0 Å². The largest absolute Gasteiger partial charge is 0.349 e. The zero-order chi connectivity index (χ0) is 15.7. The lowest BCUT2D eigenvalue weighted by Crippen LogP contribution is -2.55. The Morgan fingerprint density at radius 3 is 2.30 bits per heavy atom. The highest BCUT2D eigenvalue weighted by Gasteiger charge is 2.40. The average Bonchev–Trinajstić information content (AvgIpc) is 2.30. The second kappa shape index (κ2) is 5.48. The molecule has 3 N–H and O–H groups in total. The lowest BCUT2D eigenvalue weighted by molar-refractivity contribution is -0.132. The minimum atomic E-state index is -0.842. The van der Waals surface area contributed by atoms with Crippen LogP contribution in [0.4, 0.5) is 8.78 Å². The average molecular weight is 284 g/mol. The van der Waals surface area contributed by atoms with Crippen molar-refractivity contribution in [2.24, 2.45) is 11.1 Å². The highest BCUT2D eigenvalue weighted by molar-refractivity contribution is 5.83. The molecule has 5 heteroatoms. The zero-order valence-corrected chi connectivity index (χ0v) is 12.6. The van der Waals surface area contributed by atoms with Gasteiger partial charge in [0.05, 0.1) is 11.5 Å². The molecule has 0 aromatic heterocycles. The van der Waals surface area contributed by atoms with Crippen LogP contribution in [-0.2, 0) is 4.79 Å². The first-order valence-electron chi connectivity index (χ1n) is 6.51. The minimum absolute atomic E-state index is 0.115. The Morgan fingerprint density at radius 1 is 1.25 bits per heavy atom. The van der Waals surface area contributed by atoms with E-state index in [1.165, 1.54) is 0 Å². The topological polar surface area (TPSA) is 55.1 Å². The third kappa shape index (κ3) is 3.33. The molecule has 0 fully saturated rings. The molecule has 0 heterocycles. The molecule has 3 nitrogen and oxygen atoms in total. The second-order valence-corrected chi connectivity index (χ2v) is 6.21. The zero-order valence-electron chi connectivity index (χ0n) is 12.6. The van der Waals surface area contributed by atoms with Crippen molar-refractivity contribution < 1.29 is 13.6 Å². The van der Waals surface area contributed by atoms with Crippen molar-refractivity contribution in [1.29, 1.82) is 0 Å². The summed E-state index contributed by atoms with van der Waals surface area (Å²) in [5.41, 5.74) is 4.52. The van der Waals surface area contributed by atoms with E-state index in [9.17, 15) is 13.6 Å². The molecular weight excluding hydrogens is 262 g/mol. The maximum Gasteiger partial charge on any atom is 0.227 e. The molecule has 20 heavy (non-hydrogen) atoms. The number of carbonyl (C=O) groups is 1. The Balaban J connectivity index is 2.94. The van der Waals surface area contributed by atoms with Crippen LogP contribution in [0.5, 0.6) is 0 Å². The summed E-state index contributed by atoms with van der Waals surface area (Å²) in [5, 5.41) is 2.69. The van der Waals surface area contributed by atoms with Gasteiger partial charge in [-0.05, 0) is 52.8 Å². The number of amides is 1. The molecule has 112 valence electrons. The molecule has 0 saturated carbocycles. The van der Waals surface area contributed by atoms with E-state index in [1.807, 2.05) is 0 Å². The van der Waals surface area contributed by atoms with Gasteiger partial charge >= 0.3 is 0 Å². The predicted octanol–water partition coefficient (Wildman–Crippen LogP) is 2.91. The summed E-state index contributed by atoms with van der Waals surface area (Å²) in [5.74, 6) is -1.40. The maximum atomic E-state index is 13.7. The van der Waals surface area contributed by atoms with E-state index in [1.54, 1.807) is 34.6 Å². The van der Waals surface area contributed by atoms with Crippen LogP contribution in [0, 0.1) is 17.0 Å². The van der Waals surface area contributed by atoms with E-state index < -0.39 is 28.6 Å². The molecule has 1 aromatic carbocycles. The van der Waals surface area contributed by atoms with Crippen LogP contribution in [0.3, 0.4) is 0 Å². The van der Waals surface area contributed by atoms with Crippen LogP contribution < -0.4 is 11.1 Å². The Hall–Kier alpha value is -1.49. The number of hydrogen-bond donors (Lipinski definition) is 2. The fourth-order valence-corrected chi connectivity index (χ4v) is 1.59. The van der Waals surface area contributed by atoms with E-state index in [0.717, 1.165) is 18.2 Å². The van der Waals surface area contributed by atoms with Gasteiger partial charge in [0.25, 0.3) is 0 Å². The van der Waals surface area contributed by atoms with Crippen LogP contribution in [0.15, 0.2) is 18.2 Å². The summed E-state index contributed by atoms with van der Waals surface area (Å²) in [4.78, 5) is 12.3. The molecule has 0 spiro atoms. The van der Waals surface area contributed by atoms with Crippen LogP contribution >= 0.6 is 0 Å². The Kier molecular flexibility index (Phi) is 4.54. The lowest BCUT2D eigenvalue weighted by atomic mass is 9.74. The third-order valence-corrected chi connectivity index (χ3v) is 3.95. The van der Waals surface area contributed by atoms with Crippen LogP contribution in [0.2, 0.25) is 0 Å². The number of rotatable bonds is 4. The van der Waals surface area contributed by atoms with Crippen molar-refractivity contribution in [3.05, 3.63) is 35.4 Å². The van der Waals surface area contributed by atoms with Gasteiger partial charge in [-0.3, -0.25) is 4.79 Å². The third-order valence-electron chi connectivity index (χ3n) is 3.95. The van der Waals surface area contributed by atoms with Gasteiger partial charge in [0.15, 0.2) is 0 Å². The molecule has 0 aliphatic heterocycles. The first-order chi connectivity index (χ1) is 8.96. The van der Waals surface area contributed by atoms with Gasteiger partial charge in [0.1, 0.15) is 11.6 Å². The summed E-state index contributed by atoms with van der Waals surface area (Å²) in [6, 6.07) is 2.53. The van der Waals surface area contributed by atoms with Crippen LogP contribution in [0.1, 0.15) is 46.2 Å². The molecule has 0 radical (unpaired) electrons. The summed E-state index contributed by atoms with van der Waals surface area (Å²) in [6.45, 7) is 8.54. The van der Waals surface area contributed by atoms with Gasteiger partial charge in [-0.25, -0.2) is 8.78 Å². The van der Waals surface area contributed by atoms with Crippen LogP contribution in [-0.4, -0.2) is 11.4 Å². The molecule has 1 rings (SSSR count). The quantitative estimate of drug-likeness (QED) is 0.893. The van der Waals surface area contributed by atoms with Crippen molar-refractivity contribution in [3.63, 3.8) is 0 Å². The van der Waals surface area contributed by atoms with Crippen molar-refractivity contribution in [2.75, 3.05) is 0 Å². The van der Waals surface area contributed by atoms with Crippen molar-refractivity contribution in [1.82, 2.24) is 5.32 Å². The minimum Gasteiger partial charge on any atom is -0.349 e. The summed E-state index contributed by atoms with van der Waals surface area (Å²) in [6.07, 6.45) is 0. The Morgan fingerprint density at radius 2 is 1.80 bits per heavy atom. The smallest absolute Gasteiger partial charge is 0.227 e. The monoisotopic (exact) mass is 284 g/mol. The predicted molar refractivity (Wildman–Crippen MR) is 75.0 cm³/mol. The maximum absolute atomic E-state index is 13.7. The van der Waals surface area contributed by atoms with Gasteiger partial charge in [0, 0.05) is 11.1 Å². The Labute approximate surface area is 118 Å². The molecule has 1 unspecified atom stereocenters. The van der Waals surface area contributed by atoms with Gasteiger partial charge in [-0.2, -0.15) is 0 Å². The number of nitrogens with one attached hydrogen (secondary N) is 1. The van der Waals surface area contributed by atoms with E-state index in [2.05, 4.69) is 5.32 Å². The molecule has 0 aliphatic carbocycles. The first kappa shape index (κ1) is 16.6. The molecular formula is C15H22F2N2O. The normalized spacial score (nSPS) is 14.0. The SMILES string of the molecule is CC(NC(=O)C(C)(C)C(C)(C)N)c1cc(F)ccc1F. The highest BCUT2D eigenvalue weighted by atomic mass is 19.1. The molecule has 1 atom stereocenters. The molecule has 1 aromatic rings. The number of benzene rings is 1. The molecule has 0 bridgehead atoms. The lowest BCUT2D eigenvalue weighted by Gasteiger charge is -2.37. The summed E-state index contributed by atoms with van der Waals surface area (Å²) in [7, 11) is 0. The van der Waals surface area contributed by atoms with E-state index >= 15 is 0 Å².